The van der Waals surface area contributed by atoms with E-state index < -0.39 is 11.9 Å². The van der Waals surface area contributed by atoms with Crippen LogP contribution in [0.2, 0.25) is 0 Å². The minimum Gasteiger partial charge on any atom is -0.493 e. The van der Waals surface area contributed by atoms with Gasteiger partial charge in [0, 0.05) is 22.2 Å². The summed E-state index contributed by atoms with van der Waals surface area (Å²) in [5.74, 6) is 0.669. The van der Waals surface area contributed by atoms with Crippen molar-refractivity contribution in [3.8, 4) is 28.4 Å². The van der Waals surface area contributed by atoms with E-state index in [2.05, 4.69) is 0 Å². The van der Waals surface area contributed by atoms with Gasteiger partial charge in [0.1, 0.15) is 11.6 Å². The van der Waals surface area contributed by atoms with Crippen LogP contribution in [0.3, 0.4) is 0 Å². The topological polar surface area (TPSA) is 99.7 Å². The predicted molar refractivity (Wildman–Crippen MR) is 165 cm³/mol. The SMILES string of the molecule is COc1ccc(-c2nn(-c3ccccc3)cc2C2c3c(oc4ccccc4c3=O)C(=O)N2c2nc(C)c(C)s2)cc1OC. The van der Waals surface area contributed by atoms with Crippen molar-refractivity contribution in [1.29, 1.82) is 0 Å². The number of aromatic nitrogens is 3. The fourth-order valence-corrected chi connectivity index (χ4v) is 6.41. The van der Waals surface area contributed by atoms with Crippen molar-refractivity contribution >= 4 is 33.3 Å². The zero-order valence-corrected chi connectivity index (χ0v) is 24.6. The van der Waals surface area contributed by atoms with Crippen molar-refractivity contribution in [3.05, 3.63) is 117 Å². The lowest BCUT2D eigenvalue weighted by atomic mass is 9.96. The maximum absolute atomic E-state index is 14.2. The van der Waals surface area contributed by atoms with Crippen LogP contribution in [0.25, 0.3) is 27.9 Å². The smallest absolute Gasteiger partial charge is 0.297 e. The zero-order valence-electron chi connectivity index (χ0n) is 23.8. The van der Waals surface area contributed by atoms with Crippen LogP contribution in [0.1, 0.15) is 38.3 Å². The predicted octanol–water partition coefficient (Wildman–Crippen LogP) is 6.49. The van der Waals surface area contributed by atoms with Crippen LogP contribution in [-0.4, -0.2) is 34.9 Å². The molecule has 0 saturated heterocycles. The molecule has 0 fully saturated rings. The summed E-state index contributed by atoms with van der Waals surface area (Å²) in [6.07, 6.45) is 1.86. The number of fused-ring (bicyclic) bond motifs is 2. The fourth-order valence-electron chi connectivity index (χ4n) is 5.48. The van der Waals surface area contributed by atoms with E-state index in [1.807, 2.05) is 62.5 Å². The van der Waals surface area contributed by atoms with Gasteiger partial charge >= 0.3 is 0 Å². The lowest BCUT2D eigenvalue weighted by Gasteiger charge is -2.22. The molecule has 3 aromatic heterocycles. The average Bonchev–Trinajstić information content (AvgIpc) is 3.70. The molecule has 0 aliphatic carbocycles. The van der Waals surface area contributed by atoms with Gasteiger partial charge in [0.25, 0.3) is 5.91 Å². The number of methoxy groups -OCH3 is 2. The molecule has 0 radical (unpaired) electrons. The summed E-state index contributed by atoms with van der Waals surface area (Å²) >= 11 is 1.40. The normalized spacial score (nSPS) is 14.4. The summed E-state index contributed by atoms with van der Waals surface area (Å²) in [6.45, 7) is 3.86. The molecule has 0 N–H and O–H groups in total. The first kappa shape index (κ1) is 26.7. The van der Waals surface area contributed by atoms with E-state index in [1.54, 1.807) is 54.1 Å². The van der Waals surface area contributed by atoms with E-state index in [-0.39, 0.29) is 16.8 Å². The molecule has 0 spiro atoms. The highest BCUT2D eigenvalue weighted by Crippen LogP contribution is 2.46. The molecule has 9 nitrogen and oxygen atoms in total. The minimum absolute atomic E-state index is 0.00456. The first-order valence-corrected chi connectivity index (χ1v) is 14.4. The second-order valence-electron chi connectivity index (χ2n) is 10.2. The molecule has 1 aliphatic rings. The maximum atomic E-state index is 14.2. The number of carbonyl (C=O) groups excluding carboxylic acids is 1. The third-order valence-electron chi connectivity index (χ3n) is 7.72. The van der Waals surface area contributed by atoms with Crippen molar-refractivity contribution in [1.82, 2.24) is 14.8 Å². The number of para-hydroxylation sites is 2. The maximum Gasteiger partial charge on any atom is 0.297 e. The molecular formula is C33H26N4O5S. The Bertz CT molecular complexity index is 2080. The molecule has 0 saturated carbocycles. The Morgan fingerprint density at radius 1 is 0.907 bits per heavy atom. The third kappa shape index (κ3) is 4.21. The number of amides is 1. The van der Waals surface area contributed by atoms with Gasteiger partial charge in [0.2, 0.25) is 5.76 Å². The Morgan fingerprint density at radius 3 is 2.37 bits per heavy atom. The van der Waals surface area contributed by atoms with Crippen LogP contribution in [0, 0.1) is 13.8 Å². The summed E-state index contributed by atoms with van der Waals surface area (Å²) in [7, 11) is 3.15. The number of nitrogens with zero attached hydrogens (tertiary/aromatic N) is 4. The van der Waals surface area contributed by atoms with Gasteiger partial charge in [-0.05, 0) is 56.3 Å². The average molecular weight is 591 g/mol. The van der Waals surface area contributed by atoms with Crippen LogP contribution >= 0.6 is 11.3 Å². The van der Waals surface area contributed by atoms with Gasteiger partial charge in [-0.15, -0.1) is 11.3 Å². The molecule has 10 heteroatoms. The number of aryl methyl sites for hydroxylation is 2. The third-order valence-corrected chi connectivity index (χ3v) is 8.79. The van der Waals surface area contributed by atoms with Crippen LogP contribution in [0.4, 0.5) is 5.13 Å². The molecule has 43 heavy (non-hydrogen) atoms. The highest BCUT2D eigenvalue weighted by Gasteiger charge is 2.46. The van der Waals surface area contributed by atoms with Crippen molar-refractivity contribution in [2.45, 2.75) is 19.9 Å². The molecule has 1 amide bonds. The van der Waals surface area contributed by atoms with Crippen molar-refractivity contribution in [3.63, 3.8) is 0 Å². The Kier molecular flexibility index (Phi) is 6.36. The second-order valence-corrected chi connectivity index (χ2v) is 11.4. The molecule has 0 bridgehead atoms. The standard InChI is InChI=1S/C33H26N4O5S/c1-18-19(2)43-33(34-18)37-29(27-30(38)22-12-8-9-13-24(22)42-31(27)32(37)39)23-17-36(21-10-6-5-7-11-21)35-28(23)20-14-15-25(40-3)26(16-20)41-4/h5-17,29H,1-4H3. The Hall–Kier alpha value is -5.22. The lowest BCUT2D eigenvalue weighted by Crippen LogP contribution is -2.29. The van der Waals surface area contributed by atoms with Crippen LogP contribution < -0.4 is 19.8 Å². The first-order valence-electron chi connectivity index (χ1n) is 13.6. The number of benzene rings is 3. The van der Waals surface area contributed by atoms with E-state index in [0.717, 1.165) is 21.8 Å². The monoisotopic (exact) mass is 590 g/mol. The summed E-state index contributed by atoms with van der Waals surface area (Å²) in [5.41, 5.74) is 3.89. The molecule has 1 atom stereocenters. The van der Waals surface area contributed by atoms with Gasteiger partial charge in [-0.25, -0.2) is 9.67 Å². The molecule has 7 rings (SSSR count). The molecule has 3 aromatic carbocycles. The van der Waals surface area contributed by atoms with Crippen LogP contribution in [0.5, 0.6) is 11.5 Å². The number of thiazole rings is 1. The van der Waals surface area contributed by atoms with E-state index >= 15 is 0 Å². The van der Waals surface area contributed by atoms with Crippen molar-refractivity contribution in [2.75, 3.05) is 19.1 Å². The summed E-state index contributed by atoms with van der Waals surface area (Å²) < 4.78 is 19.0. The quantitative estimate of drug-likeness (QED) is 0.219. The Morgan fingerprint density at radius 2 is 1.65 bits per heavy atom. The number of rotatable bonds is 6. The molecule has 214 valence electrons. The van der Waals surface area contributed by atoms with Crippen molar-refractivity contribution in [2.24, 2.45) is 0 Å². The fraction of sp³-hybridized carbons (Fsp3) is 0.152. The summed E-state index contributed by atoms with van der Waals surface area (Å²) in [4.78, 5) is 35.7. The molecule has 4 heterocycles. The van der Waals surface area contributed by atoms with Gasteiger partial charge in [-0.2, -0.15) is 5.10 Å². The summed E-state index contributed by atoms with van der Waals surface area (Å²) in [5, 5.41) is 5.88. The van der Waals surface area contributed by atoms with Gasteiger partial charge < -0.3 is 13.9 Å². The van der Waals surface area contributed by atoms with Crippen molar-refractivity contribution < 1.29 is 18.7 Å². The number of ether oxygens (including phenoxy) is 2. The highest BCUT2D eigenvalue weighted by atomic mass is 32.1. The van der Waals surface area contributed by atoms with Crippen LogP contribution in [0.15, 0.2) is 88.2 Å². The first-order chi connectivity index (χ1) is 20.9. The number of hydrogen-bond acceptors (Lipinski definition) is 8. The van der Waals surface area contributed by atoms with E-state index in [9.17, 15) is 9.59 Å². The minimum atomic E-state index is -0.853. The van der Waals surface area contributed by atoms with Crippen LogP contribution in [-0.2, 0) is 0 Å². The van der Waals surface area contributed by atoms with E-state index in [0.29, 0.717) is 38.9 Å². The second kappa shape index (κ2) is 10.2. The number of carbonyl (C=O) groups is 1. The molecular weight excluding hydrogens is 564 g/mol. The Labute approximate surface area is 250 Å². The molecule has 1 unspecified atom stereocenters. The number of hydrogen-bond donors (Lipinski definition) is 0. The van der Waals surface area contributed by atoms with E-state index in [4.69, 9.17) is 24.0 Å². The van der Waals surface area contributed by atoms with E-state index in [1.165, 1.54) is 11.3 Å². The largest absolute Gasteiger partial charge is 0.493 e. The lowest BCUT2D eigenvalue weighted by molar-refractivity contribution is 0.0971. The molecule has 6 aromatic rings. The van der Waals surface area contributed by atoms with Gasteiger partial charge in [0.05, 0.1) is 42.2 Å². The number of anilines is 1. The highest BCUT2D eigenvalue weighted by molar-refractivity contribution is 7.15. The summed E-state index contributed by atoms with van der Waals surface area (Å²) in [6, 6.07) is 21.3. The van der Waals surface area contributed by atoms with Gasteiger partial charge in [-0.1, -0.05) is 30.3 Å². The molecule has 1 aliphatic heterocycles. The van der Waals surface area contributed by atoms with Gasteiger partial charge in [0.15, 0.2) is 22.1 Å². The van der Waals surface area contributed by atoms with Gasteiger partial charge in [-0.3, -0.25) is 14.5 Å². The zero-order chi connectivity index (χ0) is 29.8. The Balaban J connectivity index is 1.54.